The molecule has 0 saturated carbocycles. The van der Waals surface area contributed by atoms with Crippen LogP contribution < -0.4 is 10.9 Å². The highest BCUT2D eigenvalue weighted by atomic mass is 32.1. The number of hydrogen-bond donors (Lipinski definition) is 1. The molecule has 0 saturated heterocycles. The van der Waals surface area contributed by atoms with Crippen molar-refractivity contribution in [2.24, 2.45) is 0 Å². The van der Waals surface area contributed by atoms with E-state index in [2.05, 4.69) is 15.3 Å². The molecule has 4 aromatic rings. The number of hydrogen-bond acceptors (Lipinski definition) is 5. The fraction of sp³-hybridized carbons (Fsp3) is 0.217. The summed E-state index contributed by atoms with van der Waals surface area (Å²) >= 11 is 1.46. The summed E-state index contributed by atoms with van der Waals surface area (Å²) in [5.41, 5.74) is 3.72. The first-order valence-electron chi connectivity index (χ1n) is 9.77. The van der Waals surface area contributed by atoms with Crippen LogP contribution in [0.3, 0.4) is 0 Å². The Balaban J connectivity index is 1.51. The lowest BCUT2D eigenvalue weighted by Gasteiger charge is -2.13. The second-order valence-electron chi connectivity index (χ2n) is 7.23. The molecule has 30 heavy (non-hydrogen) atoms. The topological polar surface area (TPSA) is 76.9 Å². The van der Waals surface area contributed by atoms with Crippen LogP contribution >= 0.6 is 11.3 Å². The molecule has 3 aromatic heterocycles. The molecule has 4 rings (SSSR count). The summed E-state index contributed by atoms with van der Waals surface area (Å²) in [4.78, 5) is 34.9. The number of carbonyl (C=O) groups excluding carboxylic acids is 1. The minimum Gasteiger partial charge on any atom is -0.348 e. The molecule has 1 atom stereocenters. The Kier molecular flexibility index (Phi) is 5.72. The van der Waals surface area contributed by atoms with Crippen LogP contribution in [0.25, 0.3) is 21.3 Å². The van der Waals surface area contributed by atoms with Crippen LogP contribution in [0.5, 0.6) is 0 Å². The van der Waals surface area contributed by atoms with E-state index in [0.29, 0.717) is 10.2 Å². The number of fused-ring (bicyclic) bond motifs is 1. The molecule has 0 aliphatic carbocycles. The van der Waals surface area contributed by atoms with Gasteiger partial charge in [-0.3, -0.25) is 19.1 Å². The molecule has 0 bridgehead atoms. The standard InChI is InChI=1S/C23H22N4O2S/c1-15-6-8-17(9-7-15)18-13-30-22-21(18)23(29)27(14-25-22)12-10-20(28)26-16(2)19-5-3-4-11-24-19/h3-9,11,13-14,16H,10,12H2,1-2H3,(H,26,28). The van der Waals surface area contributed by atoms with Crippen molar-refractivity contribution in [3.63, 3.8) is 0 Å². The molecular weight excluding hydrogens is 396 g/mol. The molecule has 3 heterocycles. The second-order valence-corrected chi connectivity index (χ2v) is 8.09. The van der Waals surface area contributed by atoms with Gasteiger partial charge in [-0.1, -0.05) is 35.9 Å². The molecule has 1 unspecified atom stereocenters. The Morgan fingerprint density at radius 3 is 2.70 bits per heavy atom. The lowest BCUT2D eigenvalue weighted by atomic mass is 10.1. The maximum atomic E-state index is 13.1. The molecule has 0 spiro atoms. The molecule has 1 N–H and O–H groups in total. The quantitative estimate of drug-likeness (QED) is 0.512. The third-order valence-corrected chi connectivity index (χ3v) is 5.90. The number of carbonyl (C=O) groups is 1. The minimum atomic E-state index is -0.193. The molecular formula is C23H22N4O2S. The van der Waals surface area contributed by atoms with E-state index < -0.39 is 0 Å². The predicted octanol–water partition coefficient (Wildman–Crippen LogP) is 4.10. The summed E-state index contributed by atoms with van der Waals surface area (Å²) in [6, 6.07) is 13.5. The minimum absolute atomic E-state index is 0.123. The molecule has 1 aromatic carbocycles. The second kappa shape index (κ2) is 8.59. The average Bonchev–Trinajstić information content (AvgIpc) is 3.19. The first-order chi connectivity index (χ1) is 14.5. The molecule has 0 aliphatic heterocycles. The number of amides is 1. The number of rotatable bonds is 6. The fourth-order valence-electron chi connectivity index (χ4n) is 3.31. The average molecular weight is 419 g/mol. The highest BCUT2D eigenvalue weighted by Gasteiger charge is 2.15. The zero-order valence-electron chi connectivity index (χ0n) is 16.8. The van der Waals surface area contributed by atoms with Gasteiger partial charge in [0, 0.05) is 30.1 Å². The summed E-state index contributed by atoms with van der Waals surface area (Å²) < 4.78 is 1.51. The Morgan fingerprint density at radius 2 is 1.97 bits per heavy atom. The summed E-state index contributed by atoms with van der Waals surface area (Å²) in [7, 11) is 0. The van der Waals surface area contributed by atoms with Gasteiger partial charge in [0.1, 0.15) is 4.83 Å². The zero-order chi connectivity index (χ0) is 21.1. The van der Waals surface area contributed by atoms with Crippen molar-refractivity contribution < 1.29 is 4.79 Å². The van der Waals surface area contributed by atoms with Gasteiger partial charge in [-0.2, -0.15) is 0 Å². The number of aromatic nitrogens is 3. The van der Waals surface area contributed by atoms with Crippen molar-refractivity contribution in [2.75, 3.05) is 0 Å². The zero-order valence-corrected chi connectivity index (χ0v) is 17.6. The van der Waals surface area contributed by atoms with Crippen LogP contribution in [0.1, 0.15) is 30.6 Å². The monoisotopic (exact) mass is 418 g/mol. The lowest BCUT2D eigenvalue weighted by Crippen LogP contribution is -2.29. The van der Waals surface area contributed by atoms with Gasteiger partial charge in [0.15, 0.2) is 0 Å². The summed E-state index contributed by atoms with van der Waals surface area (Å²) in [5, 5.41) is 5.50. The Bertz CT molecular complexity index is 1230. The summed E-state index contributed by atoms with van der Waals surface area (Å²) in [5.74, 6) is -0.135. The van der Waals surface area contributed by atoms with Gasteiger partial charge in [-0.25, -0.2) is 4.98 Å². The Labute approximate surface area is 178 Å². The smallest absolute Gasteiger partial charge is 0.262 e. The molecule has 0 aliphatic rings. The molecule has 7 heteroatoms. The van der Waals surface area contributed by atoms with E-state index >= 15 is 0 Å². The van der Waals surface area contributed by atoms with Crippen LogP contribution in [0.2, 0.25) is 0 Å². The molecule has 152 valence electrons. The van der Waals surface area contributed by atoms with Crippen LogP contribution in [-0.4, -0.2) is 20.4 Å². The van der Waals surface area contributed by atoms with Gasteiger partial charge < -0.3 is 5.32 Å². The van der Waals surface area contributed by atoms with E-state index in [9.17, 15) is 9.59 Å². The number of nitrogens with zero attached hydrogens (tertiary/aromatic N) is 3. The van der Waals surface area contributed by atoms with Gasteiger partial charge in [-0.05, 0) is 31.5 Å². The molecule has 6 nitrogen and oxygen atoms in total. The van der Waals surface area contributed by atoms with Crippen molar-refractivity contribution in [1.29, 1.82) is 0 Å². The maximum absolute atomic E-state index is 13.1. The van der Waals surface area contributed by atoms with Crippen molar-refractivity contribution in [3.8, 4) is 11.1 Å². The number of nitrogens with one attached hydrogen (secondary N) is 1. The van der Waals surface area contributed by atoms with E-state index in [0.717, 1.165) is 16.8 Å². The molecule has 1 amide bonds. The van der Waals surface area contributed by atoms with Gasteiger partial charge >= 0.3 is 0 Å². The predicted molar refractivity (Wildman–Crippen MR) is 119 cm³/mol. The van der Waals surface area contributed by atoms with E-state index in [1.54, 1.807) is 6.20 Å². The fourth-order valence-corrected chi connectivity index (χ4v) is 4.22. The maximum Gasteiger partial charge on any atom is 0.262 e. The first kappa shape index (κ1) is 20.0. The highest BCUT2D eigenvalue weighted by Crippen LogP contribution is 2.30. The van der Waals surface area contributed by atoms with E-state index in [1.807, 2.05) is 61.7 Å². The van der Waals surface area contributed by atoms with Crippen molar-refractivity contribution in [1.82, 2.24) is 19.9 Å². The van der Waals surface area contributed by atoms with Crippen LogP contribution in [-0.2, 0) is 11.3 Å². The Morgan fingerprint density at radius 1 is 1.17 bits per heavy atom. The summed E-state index contributed by atoms with van der Waals surface area (Å²) in [6.07, 6.45) is 3.41. The van der Waals surface area contributed by atoms with Crippen LogP contribution in [0, 0.1) is 6.92 Å². The lowest BCUT2D eigenvalue weighted by molar-refractivity contribution is -0.122. The van der Waals surface area contributed by atoms with E-state index in [-0.39, 0.29) is 30.5 Å². The van der Waals surface area contributed by atoms with Gasteiger partial charge in [-0.15, -0.1) is 11.3 Å². The molecule has 0 radical (unpaired) electrons. The number of pyridine rings is 1. The van der Waals surface area contributed by atoms with Crippen molar-refractivity contribution in [2.45, 2.75) is 32.9 Å². The Hall–Kier alpha value is -3.32. The first-order valence-corrected chi connectivity index (χ1v) is 10.6. The van der Waals surface area contributed by atoms with Crippen molar-refractivity contribution >= 4 is 27.5 Å². The van der Waals surface area contributed by atoms with Crippen molar-refractivity contribution in [3.05, 3.63) is 82.0 Å². The van der Waals surface area contributed by atoms with E-state index in [1.165, 1.54) is 27.8 Å². The van der Waals surface area contributed by atoms with E-state index in [4.69, 9.17) is 0 Å². The largest absolute Gasteiger partial charge is 0.348 e. The number of benzene rings is 1. The third kappa shape index (κ3) is 4.16. The van der Waals surface area contributed by atoms with Gasteiger partial charge in [0.25, 0.3) is 5.56 Å². The SMILES string of the molecule is Cc1ccc(-c2csc3ncn(CCC(=O)NC(C)c4ccccn4)c(=O)c23)cc1. The normalized spacial score (nSPS) is 12.1. The van der Waals surface area contributed by atoms with Crippen LogP contribution in [0.4, 0.5) is 0 Å². The van der Waals surface area contributed by atoms with Gasteiger partial charge in [0.2, 0.25) is 5.91 Å². The molecule has 0 fully saturated rings. The van der Waals surface area contributed by atoms with Gasteiger partial charge in [0.05, 0.1) is 23.4 Å². The third-order valence-electron chi connectivity index (χ3n) is 5.01. The van der Waals surface area contributed by atoms with Crippen LogP contribution in [0.15, 0.2) is 65.2 Å². The highest BCUT2D eigenvalue weighted by molar-refractivity contribution is 7.17. The number of aryl methyl sites for hydroxylation is 2. The number of thiophene rings is 1. The summed E-state index contributed by atoms with van der Waals surface area (Å²) in [6.45, 7) is 4.19.